The Kier molecular flexibility index (Phi) is 4.66. The average Bonchev–Trinajstić information content (AvgIpc) is 2.54. The second-order valence-electron chi connectivity index (χ2n) is 4.86. The maximum absolute atomic E-state index is 12.3. The highest BCUT2D eigenvalue weighted by Gasteiger charge is 2.14. The van der Waals surface area contributed by atoms with Crippen LogP contribution >= 0.6 is 0 Å². The van der Waals surface area contributed by atoms with Gasteiger partial charge in [0.1, 0.15) is 6.54 Å². The number of nitrogens with zero attached hydrogens (tertiary/aromatic N) is 5. The molecular weight excluding hydrogens is 302 g/mol. The molecule has 1 heterocycles. The summed E-state index contributed by atoms with van der Waals surface area (Å²) in [6.45, 7) is 0.0674. The van der Waals surface area contributed by atoms with Gasteiger partial charge in [-0.05, 0) is 6.07 Å². The highest BCUT2D eigenvalue weighted by atomic mass is 16.6. The van der Waals surface area contributed by atoms with E-state index in [-0.39, 0.29) is 42.0 Å². The van der Waals surface area contributed by atoms with Crippen molar-refractivity contribution in [2.45, 2.75) is 13.0 Å². The summed E-state index contributed by atoms with van der Waals surface area (Å²) in [7, 11) is 1.54. The van der Waals surface area contributed by atoms with Crippen LogP contribution in [0.1, 0.15) is 6.42 Å². The van der Waals surface area contributed by atoms with E-state index in [4.69, 9.17) is 5.26 Å². The predicted molar refractivity (Wildman–Crippen MR) is 80.5 cm³/mol. The second kappa shape index (κ2) is 6.65. The van der Waals surface area contributed by atoms with Crippen LogP contribution in [0.15, 0.2) is 29.3 Å². The zero-order chi connectivity index (χ0) is 17.0. The first-order valence-electron chi connectivity index (χ1n) is 6.68. The summed E-state index contributed by atoms with van der Waals surface area (Å²) < 4.78 is 1.14. The number of non-ortho nitro benzene ring substituents is 1. The molecule has 0 bridgehead atoms. The van der Waals surface area contributed by atoms with Crippen molar-refractivity contribution in [1.29, 1.82) is 5.26 Å². The minimum absolute atomic E-state index is 0.158. The molecule has 0 spiro atoms. The number of nitro benzene ring substituents is 1. The number of hydrogen-bond acceptors (Lipinski definition) is 6. The van der Waals surface area contributed by atoms with Gasteiger partial charge in [0.15, 0.2) is 0 Å². The first-order valence-corrected chi connectivity index (χ1v) is 6.68. The molecular formula is C14H13N5O4. The molecule has 2 aromatic rings. The van der Waals surface area contributed by atoms with E-state index in [9.17, 15) is 19.7 Å². The summed E-state index contributed by atoms with van der Waals surface area (Å²) >= 11 is 0. The average molecular weight is 315 g/mol. The highest BCUT2D eigenvalue weighted by Crippen LogP contribution is 2.16. The molecule has 0 aliphatic carbocycles. The van der Waals surface area contributed by atoms with E-state index in [2.05, 4.69) is 4.98 Å². The number of likely N-dealkylation sites (N-methyl/N-ethyl adjacent to an activating group) is 1. The summed E-state index contributed by atoms with van der Waals surface area (Å²) in [4.78, 5) is 39.8. The number of aromatic nitrogens is 2. The van der Waals surface area contributed by atoms with Crippen molar-refractivity contribution in [3.05, 3.63) is 45.0 Å². The van der Waals surface area contributed by atoms with Crippen LogP contribution in [-0.2, 0) is 11.3 Å². The zero-order valence-corrected chi connectivity index (χ0v) is 12.3. The quantitative estimate of drug-likeness (QED) is 0.590. The van der Waals surface area contributed by atoms with E-state index in [1.165, 1.54) is 29.4 Å². The lowest BCUT2D eigenvalue weighted by atomic mass is 10.2. The van der Waals surface area contributed by atoms with Crippen molar-refractivity contribution in [3.8, 4) is 6.07 Å². The Morgan fingerprint density at radius 2 is 2.26 bits per heavy atom. The third-order valence-electron chi connectivity index (χ3n) is 3.31. The van der Waals surface area contributed by atoms with Crippen LogP contribution in [0.4, 0.5) is 5.69 Å². The Bertz CT molecular complexity index is 868. The number of nitro groups is 1. The van der Waals surface area contributed by atoms with Crippen molar-refractivity contribution >= 4 is 22.5 Å². The summed E-state index contributed by atoms with van der Waals surface area (Å²) in [5, 5.41) is 19.4. The predicted octanol–water partition coefficient (Wildman–Crippen LogP) is 0.677. The molecule has 0 N–H and O–H groups in total. The molecule has 1 amide bonds. The number of carbonyl (C=O) groups is 1. The molecule has 9 nitrogen and oxygen atoms in total. The van der Waals surface area contributed by atoms with Gasteiger partial charge < -0.3 is 4.90 Å². The summed E-state index contributed by atoms with van der Waals surface area (Å²) in [5.41, 5.74) is -0.410. The number of amides is 1. The Morgan fingerprint density at radius 3 is 2.91 bits per heavy atom. The molecule has 0 saturated carbocycles. The van der Waals surface area contributed by atoms with Gasteiger partial charge in [-0.1, -0.05) is 0 Å². The normalized spacial score (nSPS) is 10.3. The third kappa shape index (κ3) is 3.49. The van der Waals surface area contributed by atoms with Crippen LogP contribution in [0.2, 0.25) is 0 Å². The van der Waals surface area contributed by atoms with Gasteiger partial charge in [-0.25, -0.2) is 4.98 Å². The van der Waals surface area contributed by atoms with E-state index in [0.717, 1.165) is 4.57 Å². The monoisotopic (exact) mass is 315 g/mol. The molecule has 0 radical (unpaired) electrons. The lowest BCUT2D eigenvalue weighted by Gasteiger charge is -2.16. The Balaban J connectivity index is 2.30. The zero-order valence-electron chi connectivity index (χ0n) is 12.3. The van der Waals surface area contributed by atoms with Crippen molar-refractivity contribution in [1.82, 2.24) is 14.5 Å². The smallest absolute Gasteiger partial charge is 0.271 e. The largest absolute Gasteiger partial charge is 0.343 e. The van der Waals surface area contributed by atoms with E-state index < -0.39 is 10.5 Å². The molecule has 0 unspecified atom stereocenters. The van der Waals surface area contributed by atoms with E-state index in [1.807, 2.05) is 6.07 Å². The van der Waals surface area contributed by atoms with Crippen molar-refractivity contribution < 1.29 is 9.72 Å². The van der Waals surface area contributed by atoms with E-state index in [1.54, 1.807) is 7.05 Å². The molecule has 2 rings (SSSR count). The fraction of sp³-hybridized carbons (Fsp3) is 0.286. The maximum atomic E-state index is 12.3. The van der Waals surface area contributed by atoms with Crippen molar-refractivity contribution in [2.75, 3.05) is 13.6 Å². The number of carbonyl (C=O) groups excluding carboxylic acids is 1. The lowest BCUT2D eigenvalue weighted by Crippen LogP contribution is -2.34. The van der Waals surface area contributed by atoms with Gasteiger partial charge in [-0.3, -0.25) is 24.3 Å². The van der Waals surface area contributed by atoms with Gasteiger partial charge in [-0.2, -0.15) is 5.26 Å². The molecule has 1 aromatic carbocycles. The van der Waals surface area contributed by atoms with E-state index in [0.29, 0.717) is 0 Å². The molecule has 1 aromatic heterocycles. The number of nitriles is 1. The Hall–Kier alpha value is -3.28. The second-order valence-corrected chi connectivity index (χ2v) is 4.86. The fourth-order valence-electron chi connectivity index (χ4n) is 1.98. The molecule has 0 saturated heterocycles. The SMILES string of the molecule is CN(CCC#N)C(=O)Cn1cnc2cc([N+](=O)[O-])ccc2c1=O. The molecule has 118 valence electrons. The Morgan fingerprint density at radius 1 is 1.52 bits per heavy atom. The minimum Gasteiger partial charge on any atom is -0.343 e. The minimum atomic E-state index is -0.569. The van der Waals surface area contributed by atoms with Gasteiger partial charge in [-0.15, -0.1) is 0 Å². The van der Waals surface area contributed by atoms with Gasteiger partial charge in [0.05, 0.1) is 34.6 Å². The number of benzene rings is 1. The summed E-state index contributed by atoms with van der Waals surface area (Å²) in [6.07, 6.45) is 1.39. The lowest BCUT2D eigenvalue weighted by molar-refractivity contribution is -0.384. The van der Waals surface area contributed by atoms with Crippen LogP contribution in [0.5, 0.6) is 0 Å². The number of hydrogen-bond donors (Lipinski definition) is 0. The molecule has 23 heavy (non-hydrogen) atoms. The molecule has 0 atom stereocenters. The standard InChI is InChI=1S/C14H13N5O4/c1-17(6-2-5-15)13(20)8-18-9-16-12-7-10(19(22)23)3-4-11(12)14(18)21/h3-4,7,9H,2,6,8H2,1H3. The van der Waals surface area contributed by atoms with Crippen molar-refractivity contribution in [3.63, 3.8) is 0 Å². The topological polar surface area (TPSA) is 122 Å². The summed E-state index contributed by atoms with van der Waals surface area (Å²) in [5.74, 6) is -0.328. The van der Waals surface area contributed by atoms with Crippen LogP contribution in [-0.4, -0.2) is 38.9 Å². The van der Waals surface area contributed by atoms with Crippen LogP contribution in [0.3, 0.4) is 0 Å². The highest BCUT2D eigenvalue weighted by molar-refractivity contribution is 5.80. The van der Waals surface area contributed by atoms with Crippen LogP contribution < -0.4 is 5.56 Å². The molecule has 9 heteroatoms. The van der Waals surface area contributed by atoms with Crippen molar-refractivity contribution in [2.24, 2.45) is 0 Å². The first kappa shape index (κ1) is 16.1. The van der Waals surface area contributed by atoms with Crippen LogP contribution in [0, 0.1) is 21.4 Å². The van der Waals surface area contributed by atoms with Gasteiger partial charge >= 0.3 is 0 Å². The first-order chi connectivity index (χ1) is 10.9. The Labute approximate surface area is 130 Å². The molecule has 0 fully saturated rings. The number of rotatable bonds is 5. The van der Waals surface area contributed by atoms with Gasteiger partial charge in [0.2, 0.25) is 5.91 Å². The summed E-state index contributed by atoms with van der Waals surface area (Å²) in [6, 6.07) is 5.69. The number of fused-ring (bicyclic) bond motifs is 1. The van der Waals surface area contributed by atoms with Gasteiger partial charge in [0, 0.05) is 25.7 Å². The maximum Gasteiger partial charge on any atom is 0.271 e. The third-order valence-corrected chi connectivity index (χ3v) is 3.31. The molecule has 0 aliphatic heterocycles. The van der Waals surface area contributed by atoms with E-state index >= 15 is 0 Å². The van der Waals surface area contributed by atoms with Crippen LogP contribution in [0.25, 0.3) is 10.9 Å². The van der Waals surface area contributed by atoms with Gasteiger partial charge in [0.25, 0.3) is 11.2 Å². The fourth-order valence-corrected chi connectivity index (χ4v) is 1.98. The molecule has 0 aliphatic rings.